The van der Waals surface area contributed by atoms with E-state index in [1.54, 1.807) is 11.9 Å². The van der Waals surface area contributed by atoms with Gasteiger partial charge in [0, 0.05) is 19.4 Å². The van der Waals surface area contributed by atoms with Gasteiger partial charge in [-0.25, -0.2) is 0 Å². The second kappa shape index (κ2) is 11.1. The largest absolute Gasteiger partial charge is 0.341 e. The highest BCUT2D eigenvalue weighted by molar-refractivity contribution is 6.08. The first kappa shape index (κ1) is 25.6. The number of amides is 2. The van der Waals surface area contributed by atoms with E-state index in [4.69, 9.17) is 0 Å². The van der Waals surface area contributed by atoms with E-state index >= 15 is 0 Å². The minimum atomic E-state index is -0.706. The molecule has 0 saturated heterocycles. The van der Waals surface area contributed by atoms with Crippen LogP contribution in [0.1, 0.15) is 73.1 Å². The number of hydrogen-bond acceptors (Lipinski definition) is 4. The molecule has 0 spiro atoms. The van der Waals surface area contributed by atoms with E-state index < -0.39 is 11.6 Å². The van der Waals surface area contributed by atoms with Gasteiger partial charge in [0.25, 0.3) is 0 Å². The summed E-state index contributed by atoms with van der Waals surface area (Å²) < 4.78 is 0. The summed E-state index contributed by atoms with van der Waals surface area (Å²) in [6.45, 7) is 11.2. The second-order valence-electron chi connectivity index (χ2n) is 10.1. The molecular weight excluding hydrogens is 366 g/mol. The van der Waals surface area contributed by atoms with Crippen molar-refractivity contribution in [3.8, 4) is 0 Å². The Morgan fingerprint density at radius 2 is 1.62 bits per heavy atom. The van der Waals surface area contributed by atoms with E-state index in [1.165, 1.54) is 0 Å². The number of carbonyl (C=O) groups is 3. The minimum absolute atomic E-state index is 0.00989. The third-order valence-electron chi connectivity index (χ3n) is 5.72. The third-order valence-corrected chi connectivity index (χ3v) is 5.72. The lowest BCUT2D eigenvalue weighted by Gasteiger charge is -2.32. The predicted octanol–water partition coefficient (Wildman–Crippen LogP) is 3.10. The van der Waals surface area contributed by atoms with Gasteiger partial charge in [0.1, 0.15) is 11.6 Å². The van der Waals surface area contributed by atoms with Crippen LogP contribution in [0, 0.1) is 17.8 Å². The highest BCUT2D eigenvalue weighted by Gasteiger charge is 2.55. The summed E-state index contributed by atoms with van der Waals surface area (Å²) in [7, 11) is 5.83. The molecule has 0 heterocycles. The topological polar surface area (TPSA) is 69.7 Å². The van der Waals surface area contributed by atoms with Crippen molar-refractivity contribution in [3.05, 3.63) is 0 Å². The standard InChI is InChI=1S/C23H43N3O3/c1-16(2)13-19(21(28)24-23(14-17(3)4)15-20(23)27)26(8)22(29)18(5)11-9-10-12-25(6)7/h16-19H,9-15H2,1-8H3,(H,24,28). The second-order valence-corrected chi connectivity index (χ2v) is 10.1. The van der Waals surface area contributed by atoms with E-state index in [0.717, 1.165) is 25.8 Å². The van der Waals surface area contributed by atoms with Crippen molar-refractivity contribution < 1.29 is 14.4 Å². The van der Waals surface area contributed by atoms with Crippen LogP contribution in [-0.4, -0.2) is 66.7 Å². The molecule has 168 valence electrons. The first-order valence-electron chi connectivity index (χ1n) is 11.2. The molecule has 0 radical (unpaired) electrons. The lowest BCUT2D eigenvalue weighted by molar-refractivity contribution is -0.143. The Morgan fingerprint density at radius 3 is 2.07 bits per heavy atom. The number of likely N-dealkylation sites (N-methyl/N-ethyl adjacent to an activating group) is 1. The van der Waals surface area contributed by atoms with Crippen molar-refractivity contribution in [2.24, 2.45) is 17.8 Å². The van der Waals surface area contributed by atoms with Crippen LogP contribution in [0.2, 0.25) is 0 Å². The van der Waals surface area contributed by atoms with E-state index in [0.29, 0.717) is 25.2 Å². The van der Waals surface area contributed by atoms with Crippen LogP contribution >= 0.6 is 0 Å². The normalized spacial score (nSPS) is 20.9. The van der Waals surface area contributed by atoms with Crippen LogP contribution in [0.5, 0.6) is 0 Å². The lowest BCUT2D eigenvalue weighted by Crippen LogP contribution is -2.53. The molecule has 2 amide bonds. The van der Waals surface area contributed by atoms with Gasteiger partial charge < -0.3 is 15.1 Å². The van der Waals surface area contributed by atoms with Crippen LogP contribution in [0.25, 0.3) is 0 Å². The maximum absolute atomic E-state index is 13.1. The number of nitrogens with zero attached hydrogens (tertiary/aromatic N) is 2. The monoisotopic (exact) mass is 409 g/mol. The quantitative estimate of drug-likeness (QED) is 0.475. The van der Waals surface area contributed by atoms with E-state index in [9.17, 15) is 14.4 Å². The lowest BCUT2D eigenvalue weighted by atomic mass is 9.96. The maximum Gasteiger partial charge on any atom is 0.243 e. The molecule has 1 fully saturated rings. The summed E-state index contributed by atoms with van der Waals surface area (Å²) in [5.74, 6) is 0.402. The van der Waals surface area contributed by atoms with Gasteiger partial charge in [0.05, 0.1) is 0 Å². The number of nitrogens with one attached hydrogen (secondary N) is 1. The molecular formula is C23H43N3O3. The molecule has 6 heteroatoms. The minimum Gasteiger partial charge on any atom is -0.341 e. The number of hydrogen-bond donors (Lipinski definition) is 1. The van der Waals surface area contributed by atoms with Gasteiger partial charge in [-0.1, -0.05) is 41.0 Å². The van der Waals surface area contributed by atoms with Gasteiger partial charge in [0.2, 0.25) is 11.8 Å². The summed E-state index contributed by atoms with van der Waals surface area (Å²) in [5.41, 5.74) is -0.706. The maximum atomic E-state index is 13.1. The van der Waals surface area contributed by atoms with Crippen LogP contribution < -0.4 is 5.32 Å². The molecule has 3 unspecified atom stereocenters. The van der Waals surface area contributed by atoms with Crippen molar-refractivity contribution in [1.29, 1.82) is 0 Å². The number of rotatable bonds is 13. The molecule has 0 aliphatic heterocycles. The van der Waals surface area contributed by atoms with Gasteiger partial charge >= 0.3 is 0 Å². The molecule has 0 bridgehead atoms. The molecule has 3 atom stereocenters. The summed E-state index contributed by atoms with van der Waals surface area (Å²) in [6.07, 6.45) is 4.53. The van der Waals surface area contributed by atoms with Gasteiger partial charge in [0.15, 0.2) is 5.78 Å². The molecule has 1 aliphatic rings. The molecule has 1 aliphatic carbocycles. The van der Waals surface area contributed by atoms with Crippen LogP contribution in [0.4, 0.5) is 0 Å². The smallest absolute Gasteiger partial charge is 0.243 e. The van der Waals surface area contributed by atoms with Crippen LogP contribution in [0.15, 0.2) is 0 Å². The fraction of sp³-hybridized carbons (Fsp3) is 0.870. The number of Topliss-reactive ketones (excluding diaryl/α,β-unsaturated/α-hetero) is 1. The highest BCUT2D eigenvalue weighted by atomic mass is 16.2. The highest BCUT2D eigenvalue weighted by Crippen LogP contribution is 2.37. The first-order valence-corrected chi connectivity index (χ1v) is 11.2. The average Bonchev–Trinajstić information content (AvgIpc) is 3.21. The zero-order chi connectivity index (χ0) is 22.4. The summed E-state index contributed by atoms with van der Waals surface area (Å²) in [6, 6.07) is -0.538. The van der Waals surface area contributed by atoms with Gasteiger partial charge in [-0.2, -0.15) is 0 Å². The van der Waals surface area contributed by atoms with Crippen molar-refractivity contribution in [2.75, 3.05) is 27.7 Å². The molecule has 6 nitrogen and oxygen atoms in total. The molecule has 29 heavy (non-hydrogen) atoms. The zero-order valence-electron chi connectivity index (χ0n) is 19.9. The number of unbranched alkanes of at least 4 members (excludes halogenated alkanes) is 1. The van der Waals surface area contributed by atoms with E-state index in [1.807, 2.05) is 21.0 Å². The number of ketones is 1. The third kappa shape index (κ3) is 8.07. The fourth-order valence-electron chi connectivity index (χ4n) is 3.99. The molecule has 0 aromatic carbocycles. The molecule has 1 N–H and O–H groups in total. The van der Waals surface area contributed by atoms with Crippen molar-refractivity contribution >= 4 is 17.6 Å². The SMILES string of the molecule is CC(C)CC(C(=O)NC1(CC(C)C)CC1=O)N(C)C(=O)C(C)CCCCN(C)C. The molecule has 0 aromatic rings. The Bertz CT molecular complexity index is 574. The Hall–Kier alpha value is -1.43. The summed E-state index contributed by atoms with van der Waals surface area (Å²) >= 11 is 0. The van der Waals surface area contributed by atoms with E-state index in [-0.39, 0.29) is 29.4 Å². The fourth-order valence-corrected chi connectivity index (χ4v) is 3.99. The Kier molecular flexibility index (Phi) is 9.80. The first-order chi connectivity index (χ1) is 13.4. The van der Waals surface area contributed by atoms with Crippen LogP contribution in [-0.2, 0) is 14.4 Å². The van der Waals surface area contributed by atoms with Crippen molar-refractivity contribution in [2.45, 2.75) is 84.7 Å². The zero-order valence-corrected chi connectivity index (χ0v) is 19.9. The molecule has 1 saturated carbocycles. The Labute approximate surface area is 177 Å². The average molecular weight is 410 g/mol. The Morgan fingerprint density at radius 1 is 1.03 bits per heavy atom. The van der Waals surface area contributed by atoms with Gasteiger partial charge in [-0.05, 0) is 58.2 Å². The number of carbonyl (C=O) groups excluding carboxylic acids is 3. The van der Waals surface area contributed by atoms with Crippen molar-refractivity contribution in [3.63, 3.8) is 0 Å². The Balaban J connectivity index is 2.76. The molecule has 0 aromatic heterocycles. The van der Waals surface area contributed by atoms with Gasteiger partial charge in [-0.15, -0.1) is 0 Å². The predicted molar refractivity (Wildman–Crippen MR) is 118 cm³/mol. The van der Waals surface area contributed by atoms with Gasteiger partial charge in [-0.3, -0.25) is 14.4 Å². The molecule has 1 rings (SSSR count). The van der Waals surface area contributed by atoms with Crippen LogP contribution in [0.3, 0.4) is 0 Å². The summed E-state index contributed by atoms with van der Waals surface area (Å²) in [4.78, 5) is 41.9. The van der Waals surface area contributed by atoms with Crippen molar-refractivity contribution in [1.82, 2.24) is 15.1 Å². The summed E-state index contributed by atoms with van der Waals surface area (Å²) in [5, 5.41) is 3.01. The van der Waals surface area contributed by atoms with E-state index in [2.05, 4.69) is 37.9 Å².